The molecule has 4 rings (SSSR count). The normalized spacial score (nSPS) is 19.2. The first kappa shape index (κ1) is 36.5. The molecule has 1 aromatic heterocycles. The van der Waals surface area contributed by atoms with Crippen LogP contribution in [0.25, 0.3) is 10.4 Å². The fourth-order valence-electron chi connectivity index (χ4n) is 5.79. The predicted molar refractivity (Wildman–Crippen MR) is 179 cm³/mol. The zero-order valence-corrected chi connectivity index (χ0v) is 28.8. The van der Waals surface area contributed by atoms with E-state index >= 15 is 0 Å². The van der Waals surface area contributed by atoms with Crippen LogP contribution in [0.3, 0.4) is 0 Å². The fraction of sp³-hybridized carbons (Fsp3) is 0.629. The summed E-state index contributed by atoms with van der Waals surface area (Å²) >= 11 is 1.54. The van der Waals surface area contributed by atoms with E-state index in [1.54, 1.807) is 37.6 Å². The molecule has 1 saturated heterocycles. The average molecular weight is 673 g/mol. The molecule has 2 aromatic rings. The van der Waals surface area contributed by atoms with Gasteiger partial charge in [-0.3, -0.25) is 14.4 Å². The summed E-state index contributed by atoms with van der Waals surface area (Å²) in [6.07, 6.45) is 6.98. The van der Waals surface area contributed by atoms with Crippen LogP contribution in [0, 0.1) is 12.3 Å². The molecule has 1 aliphatic carbocycles. The topological polar surface area (TPSA) is 138 Å². The van der Waals surface area contributed by atoms with E-state index in [2.05, 4.69) is 15.6 Å². The lowest BCUT2D eigenvalue weighted by molar-refractivity contribution is -0.145. The molecule has 1 saturated carbocycles. The van der Waals surface area contributed by atoms with Crippen molar-refractivity contribution in [3.05, 3.63) is 35.0 Å². The third-order valence-corrected chi connectivity index (χ3v) is 9.83. The number of hydrogen-bond donors (Lipinski definition) is 3. The van der Waals surface area contributed by atoms with Crippen LogP contribution in [0.2, 0.25) is 0 Å². The van der Waals surface area contributed by atoms with E-state index in [-0.39, 0.29) is 32.4 Å². The van der Waals surface area contributed by atoms with Gasteiger partial charge in [0.25, 0.3) is 5.91 Å². The predicted octanol–water partition coefficient (Wildman–Crippen LogP) is 5.04. The van der Waals surface area contributed by atoms with Crippen LogP contribution >= 0.6 is 11.3 Å². The van der Waals surface area contributed by atoms with Gasteiger partial charge in [-0.1, -0.05) is 58.6 Å². The number of thiazole rings is 1. The minimum atomic E-state index is -1.95. The molecule has 1 aromatic carbocycles. The van der Waals surface area contributed by atoms with Crippen molar-refractivity contribution in [1.29, 1.82) is 0 Å². The van der Waals surface area contributed by atoms with Gasteiger partial charge in [0.05, 0.1) is 28.8 Å². The zero-order chi connectivity index (χ0) is 34.2. The molecule has 3 amide bonds. The van der Waals surface area contributed by atoms with Crippen molar-refractivity contribution in [2.75, 3.05) is 13.2 Å². The molecular formula is C35H49FN4O6S. The van der Waals surface area contributed by atoms with Gasteiger partial charge in [0.15, 0.2) is 5.67 Å². The van der Waals surface area contributed by atoms with Crippen LogP contribution in [-0.4, -0.2) is 76.0 Å². The molecule has 0 spiro atoms. The van der Waals surface area contributed by atoms with Gasteiger partial charge in [0.1, 0.15) is 24.1 Å². The number of benzene rings is 1. The summed E-state index contributed by atoms with van der Waals surface area (Å²) in [6, 6.07) is 3.83. The molecule has 0 bridgehead atoms. The molecule has 1 aliphatic heterocycles. The van der Waals surface area contributed by atoms with Crippen LogP contribution in [0.4, 0.5) is 4.39 Å². The maximum Gasteiger partial charge on any atom is 0.258 e. The van der Waals surface area contributed by atoms with E-state index in [1.807, 2.05) is 25.1 Å². The molecule has 10 nitrogen and oxygen atoms in total. The number of nitrogens with zero attached hydrogens (tertiary/aromatic N) is 2. The number of unbranched alkanes of at least 4 members (excludes halogenated alkanes) is 6. The summed E-state index contributed by atoms with van der Waals surface area (Å²) in [5.74, 6) is -1.12. The van der Waals surface area contributed by atoms with Crippen molar-refractivity contribution >= 4 is 35.3 Å². The summed E-state index contributed by atoms with van der Waals surface area (Å²) in [5.41, 5.74) is 1.76. The number of halogens is 1. The van der Waals surface area contributed by atoms with Crippen LogP contribution < -0.4 is 15.4 Å². The summed E-state index contributed by atoms with van der Waals surface area (Å²) in [6.45, 7) is 7.85. The Kier molecular flexibility index (Phi) is 12.5. The standard InChI is InChI=1S/C35H49FN4O6S/c1-23-29(47-22-38-23)24-12-13-25(28(18-24)46-17-11-9-7-5-6-8-10-16-41)20-37-31(43)27-19-26(42)21-40(27)32(44)30(34(2,3)4)39-33(45)35(36)14-15-35/h12-13,16,18,22,26-27,30,42H,5-11,14-15,17,19-21H2,1-4H3,(H,37,43)(H,39,45)/t26-,27+,30?/m1/s1. The van der Waals surface area contributed by atoms with Crippen molar-refractivity contribution in [2.45, 2.75) is 122 Å². The number of aldehydes is 1. The van der Waals surface area contributed by atoms with Crippen molar-refractivity contribution in [2.24, 2.45) is 5.41 Å². The minimum Gasteiger partial charge on any atom is -0.493 e. The number of alkyl halides is 1. The van der Waals surface area contributed by atoms with E-state index in [9.17, 15) is 28.7 Å². The number of amides is 3. The molecule has 47 heavy (non-hydrogen) atoms. The lowest BCUT2D eigenvalue weighted by Gasteiger charge is -2.35. The lowest BCUT2D eigenvalue weighted by atomic mass is 9.85. The fourth-order valence-corrected chi connectivity index (χ4v) is 6.59. The summed E-state index contributed by atoms with van der Waals surface area (Å²) in [7, 11) is 0. The van der Waals surface area contributed by atoms with Crippen molar-refractivity contribution in [1.82, 2.24) is 20.5 Å². The van der Waals surface area contributed by atoms with Crippen molar-refractivity contribution in [3.63, 3.8) is 0 Å². The van der Waals surface area contributed by atoms with Crippen LogP contribution in [0.1, 0.15) is 96.2 Å². The highest BCUT2D eigenvalue weighted by molar-refractivity contribution is 7.13. The number of β-amino-alcohol motifs (C(OH)–C–C–N with tert-alkyl or cyclic N) is 1. The Morgan fingerprint density at radius 2 is 1.87 bits per heavy atom. The van der Waals surface area contributed by atoms with Crippen molar-refractivity contribution in [3.8, 4) is 16.2 Å². The Hall–Kier alpha value is -3.38. The first-order valence-electron chi connectivity index (χ1n) is 16.7. The monoisotopic (exact) mass is 672 g/mol. The molecular weight excluding hydrogens is 623 g/mol. The first-order valence-corrected chi connectivity index (χ1v) is 17.6. The van der Waals surface area contributed by atoms with E-state index in [4.69, 9.17) is 4.74 Å². The lowest BCUT2D eigenvalue weighted by Crippen LogP contribution is -2.59. The molecule has 3 N–H and O–H groups in total. The number of carbonyl (C=O) groups excluding carboxylic acids is 4. The smallest absolute Gasteiger partial charge is 0.258 e. The first-order chi connectivity index (χ1) is 22.3. The molecule has 0 radical (unpaired) electrons. The number of hydrogen-bond acceptors (Lipinski definition) is 8. The second kappa shape index (κ2) is 16.1. The van der Waals surface area contributed by atoms with E-state index in [0.29, 0.717) is 18.8 Å². The van der Waals surface area contributed by atoms with Gasteiger partial charge < -0.3 is 30.2 Å². The molecule has 2 heterocycles. The second-order valence-electron chi connectivity index (χ2n) is 13.9. The number of rotatable bonds is 17. The summed E-state index contributed by atoms with van der Waals surface area (Å²) < 4.78 is 20.7. The van der Waals surface area contributed by atoms with Crippen LogP contribution in [0.5, 0.6) is 5.75 Å². The largest absolute Gasteiger partial charge is 0.493 e. The maximum absolute atomic E-state index is 14.5. The third kappa shape index (κ3) is 9.82. The van der Waals surface area contributed by atoms with E-state index < -0.39 is 47.0 Å². The molecule has 2 aliphatic rings. The van der Waals surface area contributed by atoms with Gasteiger partial charge >= 0.3 is 0 Å². The quantitative estimate of drug-likeness (QED) is 0.158. The molecule has 2 fully saturated rings. The van der Waals surface area contributed by atoms with Crippen LogP contribution in [-0.2, 0) is 25.7 Å². The Labute approximate surface area is 280 Å². The van der Waals surface area contributed by atoms with Gasteiger partial charge in [0, 0.05) is 31.5 Å². The van der Waals surface area contributed by atoms with Gasteiger partial charge in [0.2, 0.25) is 11.8 Å². The molecule has 1 unspecified atom stereocenters. The maximum atomic E-state index is 14.5. The number of likely N-dealkylation sites (tertiary alicyclic amines) is 1. The number of aryl methyl sites for hydroxylation is 1. The number of aromatic nitrogens is 1. The summed E-state index contributed by atoms with van der Waals surface area (Å²) in [5, 5.41) is 16.0. The Morgan fingerprint density at radius 1 is 1.17 bits per heavy atom. The highest BCUT2D eigenvalue weighted by Crippen LogP contribution is 2.40. The highest BCUT2D eigenvalue weighted by atomic mass is 32.1. The van der Waals surface area contributed by atoms with E-state index in [1.165, 1.54) is 4.90 Å². The van der Waals surface area contributed by atoms with Crippen LogP contribution in [0.15, 0.2) is 23.7 Å². The van der Waals surface area contributed by atoms with Crippen molar-refractivity contribution < 1.29 is 33.4 Å². The van der Waals surface area contributed by atoms with Gasteiger partial charge in [-0.25, -0.2) is 9.37 Å². The number of nitrogens with one attached hydrogen (secondary N) is 2. The molecule has 12 heteroatoms. The van der Waals surface area contributed by atoms with Gasteiger partial charge in [-0.05, 0) is 49.7 Å². The third-order valence-electron chi connectivity index (χ3n) is 8.85. The zero-order valence-electron chi connectivity index (χ0n) is 28.0. The molecule has 258 valence electrons. The average Bonchev–Trinajstić information content (AvgIpc) is 3.44. The second-order valence-corrected chi connectivity index (χ2v) is 14.7. The molecule has 3 atom stereocenters. The SMILES string of the molecule is Cc1ncsc1-c1ccc(CNC(=O)[C@@H]2C[C@@H](O)CN2C(=O)C(NC(=O)C2(F)CC2)C(C)(C)C)c(OCCCCCCCCC=O)c1. The van der Waals surface area contributed by atoms with E-state index in [0.717, 1.165) is 66.5 Å². The minimum absolute atomic E-state index is 0.0531. The number of carbonyl (C=O) groups is 4. The Bertz CT molecular complexity index is 1400. The van der Waals surface area contributed by atoms with Gasteiger partial charge in [-0.2, -0.15) is 0 Å². The highest BCUT2D eigenvalue weighted by Gasteiger charge is 2.53. The van der Waals surface area contributed by atoms with Gasteiger partial charge in [-0.15, -0.1) is 11.3 Å². The number of aliphatic hydroxyl groups excluding tert-OH is 1. The number of ether oxygens (including phenoxy) is 1. The summed E-state index contributed by atoms with van der Waals surface area (Å²) in [4.78, 5) is 57.1. The number of aliphatic hydroxyl groups is 1. The Morgan fingerprint density at radius 3 is 2.51 bits per heavy atom. The Balaban J connectivity index is 1.42.